The lowest BCUT2D eigenvalue weighted by Gasteiger charge is -2.10. The second-order valence-corrected chi connectivity index (χ2v) is 6.16. The number of hydrogen-bond acceptors (Lipinski definition) is 5. The Bertz CT molecular complexity index is 660. The van der Waals surface area contributed by atoms with E-state index in [9.17, 15) is 4.79 Å². The Morgan fingerprint density at radius 2 is 2.21 bits per heavy atom. The summed E-state index contributed by atoms with van der Waals surface area (Å²) in [6, 6.07) is 8.39. The molecule has 2 N–H and O–H groups in total. The van der Waals surface area contributed by atoms with Crippen molar-refractivity contribution in [1.82, 2.24) is 20.8 Å². The van der Waals surface area contributed by atoms with Gasteiger partial charge in [0.15, 0.2) is 5.82 Å². The molecule has 1 aliphatic heterocycles. The molecule has 0 radical (unpaired) electrons. The minimum Gasteiger partial charge on any atom is -0.356 e. The number of hydrogen-bond donors (Lipinski definition) is 2. The Morgan fingerprint density at radius 3 is 2.88 bits per heavy atom. The van der Waals surface area contributed by atoms with Gasteiger partial charge in [0.2, 0.25) is 5.91 Å². The maximum atomic E-state index is 11.9. The van der Waals surface area contributed by atoms with Crippen LogP contribution in [0.4, 0.5) is 0 Å². The first kappa shape index (κ1) is 16.6. The minimum absolute atomic E-state index is 0.129. The van der Waals surface area contributed by atoms with Crippen LogP contribution in [0.3, 0.4) is 0 Å². The summed E-state index contributed by atoms with van der Waals surface area (Å²) in [5, 5.41) is 10.2. The van der Waals surface area contributed by atoms with Crippen molar-refractivity contribution in [3.63, 3.8) is 0 Å². The van der Waals surface area contributed by atoms with Gasteiger partial charge in [-0.3, -0.25) is 4.79 Å². The van der Waals surface area contributed by atoms with E-state index in [-0.39, 0.29) is 5.91 Å². The van der Waals surface area contributed by atoms with E-state index in [0.717, 1.165) is 31.4 Å². The highest BCUT2D eigenvalue weighted by Crippen LogP contribution is 2.18. The number of carbonyl (C=O) groups excluding carboxylic acids is 1. The summed E-state index contributed by atoms with van der Waals surface area (Å²) in [6.45, 7) is 3.68. The van der Waals surface area contributed by atoms with Crippen LogP contribution in [0.1, 0.15) is 37.6 Å². The highest BCUT2D eigenvalue weighted by atomic mass is 16.5. The Hall–Kier alpha value is -2.21. The van der Waals surface area contributed by atoms with Crippen molar-refractivity contribution in [3.05, 3.63) is 35.7 Å². The van der Waals surface area contributed by atoms with Gasteiger partial charge in [-0.2, -0.15) is 4.98 Å². The number of carbonyl (C=O) groups is 1. The normalized spacial score (nSPS) is 17.1. The zero-order chi connectivity index (χ0) is 16.8. The lowest BCUT2D eigenvalue weighted by Crippen LogP contribution is -2.32. The molecule has 0 aliphatic carbocycles. The van der Waals surface area contributed by atoms with Gasteiger partial charge in [0.1, 0.15) is 0 Å². The molecular weight excluding hydrogens is 304 g/mol. The second-order valence-electron chi connectivity index (χ2n) is 6.16. The second kappa shape index (κ2) is 8.06. The fourth-order valence-corrected chi connectivity index (χ4v) is 2.90. The number of rotatable bonds is 7. The summed E-state index contributed by atoms with van der Waals surface area (Å²) in [4.78, 5) is 16.2. The average Bonchev–Trinajstić information content (AvgIpc) is 3.27. The summed E-state index contributed by atoms with van der Waals surface area (Å²) < 4.78 is 5.23. The summed E-state index contributed by atoms with van der Waals surface area (Å²) in [5.74, 6) is 1.40. The van der Waals surface area contributed by atoms with Gasteiger partial charge in [0, 0.05) is 31.0 Å². The van der Waals surface area contributed by atoms with Crippen LogP contribution in [0.25, 0.3) is 11.5 Å². The molecule has 1 aromatic heterocycles. The molecule has 1 amide bonds. The molecule has 24 heavy (non-hydrogen) atoms. The molecule has 1 unspecified atom stereocenters. The number of amides is 1. The molecule has 6 heteroatoms. The molecular formula is C18H24N4O2. The van der Waals surface area contributed by atoms with Gasteiger partial charge in [0.25, 0.3) is 5.89 Å². The van der Waals surface area contributed by atoms with Gasteiger partial charge in [0.05, 0.1) is 0 Å². The fourth-order valence-electron chi connectivity index (χ4n) is 2.90. The zero-order valence-corrected chi connectivity index (χ0v) is 14.0. The van der Waals surface area contributed by atoms with E-state index >= 15 is 0 Å². The summed E-state index contributed by atoms with van der Waals surface area (Å²) in [5.41, 5.74) is 2.09. The first-order valence-electron chi connectivity index (χ1n) is 8.66. The molecule has 0 bridgehead atoms. The maximum absolute atomic E-state index is 11.9. The Morgan fingerprint density at radius 1 is 1.38 bits per heavy atom. The topological polar surface area (TPSA) is 80.0 Å². The van der Waals surface area contributed by atoms with Crippen molar-refractivity contribution in [2.45, 2.75) is 45.1 Å². The van der Waals surface area contributed by atoms with Crippen molar-refractivity contribution in [2.75, 3.05) is 13.1 Å². The molecule has 0 saturated carbocycles. The molecule has 1 atom stereocenters. The molecule has 1 aromatic carbocycles. The van der Waals surface area contributed by atoms with E-state index in [0.29, 0.717) is 30.7 Å². The van der Waals surface area contributed by atoms with Gasteiger partial charge in [-0.25, -0.2) is 0 Å². The summed E-state index contributed by atoms with van der Waals surface area (Å²) >= 11 is 0. The van der Waals surface area contributed by atoms with Crippen molar-refractivity contribution >= 4 is 5.91 Å². The number of aromatic nitrogens is 2. The Balaban J connectivity index is 1.45. The van der Waals surface area contributed by atoms with Gasteiger partial charge >= 0.3 is 0 Å². The van der Waals surface area contributed by atoms with Gasteiger partial charge < -0.3 is 15.2 Å². The summed E-state index contributed by atoms with van der Waals surface area (Å²) in [7, 11) is 0. The van der Waals surface area contributed by atoms with Crippen molar-refractivity contribution < 1.29 is 9.32 Å². The van der Waals surface area contributed by atoms with Crippen LogP contribution in [-0.4, -0.2) is 35.2 Å². The van der Waals surface area contributed by atoms with Gasteiger partial charge in [-0.1, -0.05) is 24.2 Å². The Kier molecular flexibility index (Phi) is 5.59. The molecule has 2 aromatic rings. The van der Waals surface area contributed by atoms with E-state index in [1.54, 1.807) is 0 Å². The predicted octanol–water partition coefficient (Wildman–Crippen LogP) is 2.10. The first-order valence-corrected chi connectivity index (χ1v) is 8.66. The van der Waals surface area contributed by atoms with E-state index < -0.39 is 0 Å². The predicted molar refractivity (Wildman–Crippen MR) is 91.5 cm³/mol. The lowest BCUT2D eigenvalue weighted by molar-refractivity contribution is -0.121. The highest BCUT2D eigenvalue weighted by Gasteiger charge is 2.17. The van der Waals surface area contributed by atoms with Crippen LogP contribution in [-0.2, 0) is 17.6 Å². The first-order chi connectivity index (χ1) is 11.7. The number of nitrogens with zero attached hydrogens (tertiary/aromatic N) is 2. The highest BCUT2D eigenvalue weighted by molar-refractivity contribution is 5.76. The fraction of sp³-hybridized carbons (Fsp3) is 0.500. The van der Waals surface area contributed by atoms with Gasteiger partial charge in [-0.15, -0.1) is 0 Å². The molecule has 6 nitrogen and oxygen atoms in total. The molecule has 1 saturated heterocycles. The van der Waals surface area contributed by atoms with Crippen molar-refractivity contribution in [3.8, 4) is 11.5 Å². The standard InChI is InChI=1S/C18H24N4O2/c1-2-16-21-18(24-22-16)14-7-5-13(6-8-14)9-11-20-17(23)12-15-4-3-10-19-15/h5-8,15,19H,2-4,9-12H2,1H3,(H,20,23). The van der Waals surface area contributed by atoms with E-state index in [1.807, 2.05) is 31.2 Å². The lowest BCUT2D eigenvalue weighted by atomic mass is 10.1. The summed E-state index contributed by atoms with van der Waals surface area (Å²) in [6.07, 6.45) is 4.43. The van der Waals surface area contributed by atoms with E-state index in [2.05, 4.69) is 20.8 Å². The number of nitrogens with one attached hydrogen (secondary N) is 2. The third-order valence-electron chi connectivity index (χ3n) is 4.32. The van der Waals surface area contributed by atoms with E-state index in [4.69, 9.17) is 4.52 Å². The van der Waals surface area contributed by atoms with Crippen LogP contribution >= 0.6 is 0 Å². The van der Waals surface area contributed by atoms with Crippen molar-refractivity contribution in [2.24, 2.45) is 0 Å². The SMILES string of the molecule is CCc1noc(-c2ccc(CCNC(=O)CC3CCCN3)cc2)n1. The van der Waals surface area contributed by atoms with Crippen LogP contribution in [0.5, 0.6) is 0 Å². The third-order valence-corrected chi connectivity index (χ3v) is 4.32. The molecule has 128 valence electrons. The number of aryl methyl sites for hydroxylation is 1. The molecule has 1 aliphatic rings. The molecule has 1 fully saturated rings. The van der Waals surface area contributed by atoms with Crippen molar-refractivity contribution in [1.29, 1.82) is 0 Å². The average molecular weight is 328 g/mol. The number of benzene rings is 1. The monoisotopic (exact) mass is 328 g/mol. The largest absolute Gasteiger partial charge is 0.356 e. The van der Waals surface area contributed by atoms with E-state index in [1.165, 1.54) is 12.0 Å². The van der Waals surface area contributed by atoms with Crippen LogP contribution < -0.4 is 10.6 Å². The molecule has 3 rings (SSSR count). The quantitative estimate of drug-likeness (QED) is 0.813. The molecule has 0 spiro atoms. The Labute approximate surface area is 142 Å². The smallest absolute Gasteiger partial charge is 0.257 e. The zero-order valence-electron chi connectivity index (χ0n) is 14.0. The van der Waals surface area contributed by atoms with Crippen LogP contribution in [0.2, 0.25) is 0 Å². The molecule has 2 heterocycles. The maximum Gasteiger partial charge on any atom is 0.257 e. The minimum atomic E-state index is 0.129. The van der Waals surface area contributed by atoms with Crippen LogP contribution in [0.15, 0.2) is 28.8 Å². The van der Waals surface area contributed by atoms with Gasteiger partial charge in [-0.05, 0) is 43.5 Å². The van der Waals surface area contributed by atoms with Crippen LogP contribution in [0, 0.1) is 0 Å². The third kappa shape index (κ3) is 4.41.